The molecule has 1 aromatic rings. The Morgan fingerprint density at radius 3 is 2.34 bits per heavy atom. The van der Waals surface area contributed by atoms with Gasteiger partial charge in [-0.3, -0.25) is 19.2 Å². The van der Waals surface area contributed by atoms with Crippen molar-refractivity contribution in [2.75, 3.05) is 12.3 Å². The number of carboxylic acids is 2. The Balaban J connectivity index is 2.71. The lowest BCUT2D eigenvalue weighted by molar-refractivity contribution is -0.141. The zero-order valence-electron chi connectivity index (χ0n) is 15.1. The van der Waals surface area contributed by atoms with E-state index in [-0.39, 0.29) is 12.2 Å². The van der Waals surface area contributed by atoms with Crippen molar-refractivity contribution in [3.63, 3.8) is 0 Å². The number of rotatable bonds is 12. The number of nitrogens with two attached hydrogens (primary N) is 1. The van der Waals surface area contributed by atoms with Crippen LogP contribution in [0.5, 0.6) is 0 Å². The predicted octanol–water partition coefficient (Wildman–Crippen LogP) is -3.15. The summed E-state index contributed by atoms with van der Waals surface area (Å²) in [6.45, 7) is -0.562. The largest absolute Gasteiger partial charge is 0.481 e. The molecule has 0 saturated carbocycles. The molecule has 160 valence electrons. The molecule has 0 aromatic carbocycles. The first-order valence-corrected chi connectivity index (χ1v) is 8.93. The molecule has 0 fully saturated rings. The average molecular weight is 430 g/mol. The predicted molar refractivity (Wildman–Crippen MR) is 101 cm³/mol. The van der Waals surface area contributed by atoms with Gasteiger partial charge in [-0.15, -0.1) is 0 Å². The van der Waals surface area contributed by atoms with E-state index in [0.717, 1.165) is 0 Å². The monoisotopic (exact) mass is 430 g/mol. The quantitative estimate of drug-likeness (QED) is 0.157. The number of carbonyl (C=O) groups excluding carboxylic acids is 3. The number of H-pyrrole nitrogens is 1. The summed E-state index contributed by atoms with van der Waals surface area (Å²) >= 11 is 3.86. The first-order chi connectivity index (χ1) is 13.6. The van der Waals surface area contributed by atoms with Crippen LogP contribution in [0.2, 0.25) is 0 Å². The molecule has 14 heteroatoms. The van der Waals surface area contributed by atoms with Gasteiger partial charge in [0.2, 0.25) is 17.7 Å². The van der Waals surface area contributed by atoms with Crippen LogP contribution in [0.1, 0.15) is 12.1 Å². The molecule has 0 spiro atoms. The maximum absolute atomic E-state index is 12.4. The third-order valence-corrected chi connectivity index (χ3v) is 3.95. The van der Waals surface area contributed by atoms with Crippen molar-refractivity contribution < 1.29 is 34.2 Å². The number of amides is 3. The number of aliphatic carboxylic acids is 2. The summed E-state index contributed by atoms with van der Waals surface area (Å²) in [5, 5.41) is 24.4. The van der Waals surface area contributed by atoms with Crippen molar-refractivity contribution in [1.29, 1.82) is 0 Å². The topological polar surface area (TPSA) is 217 Å². The second-order valence-corrected chi connectivity index (χ2v) is 6.27. The van der Waals surface area contributed by atoms with E-state index in [1.807, 2.05) is 0 Å². The first kappa shape index (κ1) is 23.9. The summed E-state index contributed by atoms with van der Waals surface area (Å²) in [5.74, 6) is -5.12. The number of carbonyl (C=O) groups is 5. The van der Waals surface area contributed by atoms with Gasteiger partial charge < -0.3 is 36.9 Å². The molecule has 0 saturated heterocycles. The standard InChI is InChI=1S/C15H22N6O7S/c16-8(2-12(23)24)13(25)18-4-11(22)20-9(1-7-3-17-6-19-7)14(26)21-10(5-29)15(27)28/h3,6,8-10,29H,1-2,4-5,16H2,(H,17,19)(H,18,25)(H,20,22)(H,21,26)(H,23,24)(H,27,28). The zero-order chi connectivity index (χ0) is 22.0. The molecular weight excluding hydrogens is 408 g/mol. The van der Waals surface area contributed by atoms with Crippen molar-refractivity contribution in [1.82, 2.24) is 25.9 Å². The molecular formula is C15H22N6O7S. The Morgan fingerprint density at radius 2 is 1.83 bits per heavy atom. The fourth-order valence-corrected chi connectivity index (χ4v) is 2.36. The van der Waals surface area contributed by atoms with Gasteiger partial charge in [0.05, 0.1) is 25.3 Å². The molecule has 0 bridgehead atoms. The lowest BCUT2D eigenvalue weighted by atomic mass is 10.1. The number of nitrogens with zero attached hydrogens (tertiary/aromatic N) is 1. The van der Waals surface area contributed by atoms with Crippen molar-refractivity contribution in [2.24, 2.45) is 5.73 Å². The number of hydrogen-bond donors (Lipinski definition) is 8. The van der Waals surface area contributed by atoms with Gasteiger partial charge in [-0.25, -0.2) is 9.78 Å². The number of aromatic nitrogens is 2. The van der Waals surface area contributed by atoms with E-state index in [2.05, 4.69) is 38.5 Å². The molecule has 0 aliphatic heterocycles. The molecule has 3 unspecified atom stereocenters. The molecule has 13 nitrogen and oxygen atoms in total. The summed E-state index contributed by atoms with van der Waals surface area (Å²) < 4.78 is 0. The van der Waals surface area contributed by atoms with Crippen LogP contribution in [0.3, 0.4) is 0 Å². The van der Waals surface area contributed by atoms with E-state index in [0.29, 0.717) is 5.69 Å². The molecule has 0 radical (unpaired) electrons. The van der Waals surface area contributed by atoms with Crippen LogP contribution in [0, 0.1) is 0 Å². The molecule has 0 aliphatic carbocycles. The van der Waals surface area contributed by atoms with Gasteiger partial charge >= 0.3 is 11.9 Å². The van der Waals surface area contributed by atoms with Gasteiger partial charge in [-0.2, -0.15) is 12.6 Å². The summed E-state index contributed by atoms with van der Waals surface area (Å²) in [6, 6.07) is -3.77. The van der Waals surface area contributed by atoms with Gasteiger partial charge in [-0.1, -0.05) is 0 Å². The highest BCUT2D eigenvalue weighted by molar-refractivity contribution is 7.80. The molecule has 8 N–H and O–H groups in total. The van der Waals surface area contributed by atoms with E-state index in [1.54, 1.807) is 0 Å². The van der Waals surface area contributed by atoms with Crippen molar-refractivity contribution in [3.05, 3.63) is 18.2 Å². The molecule has 1 heterocycles. The average Bonchev–Trinajstić information content (AvgIpc) is 3.15. The van der Waals surface area contributed by atoms with Crippen LogP contribution in [-0.4, -0.2) is 80.3 Å². The summed E-state index contributed by atoms with van der Waals surface area (Å²) in [4.78, 5) is 64.4. The van der Waals surface area contributed by atoms with Crippen LogP contribution in [0.25, 0.3) is 0 Å². The number of thiol groups is 1. The van der Waals surface area contributed by atoms with Crippen LogP contribution in [0.4, 0.5) is 0 Å². The van der Waals surface area contributed by atoms with Gasteiger partial charge in [0.15, 0.2) is 0 Å². The number of nitrogens with one attached hydrogen (secondary N) is 4. The minimum atomic E-state index is -1.34. The lowest BCUT2D eigenvalue weighted by Crippen LogP contribution is -2.55. The Hall–Kier alpha value is -3.13. The normalized spacial score (nSPS) is 13.6. The van der Waals surface area contributed by atoms with Crippen LogP contribution < -0.4 is 21.7 Å². The highest BCUT2D eigenvalue weighted by Gasteiger charge is 2.27. The number of imidazole rings is 1. The summed E-state index contributed by atoms with van der Waals surface area (Å²) in [6.07, 6.45) is 2.15. The first-order valence-electron chi connectivity index (χ1n) is 8.29. The summed E-state index contributed by atoms with van der Waals surface area (Å²) in [5.41, 5.74) is 5.88. The van der Waals surface area contributed by atoms with Crippen molar-refractivity contribution >= 4 is 42.3 Å². The van der Waals surface area contributed by atoms with E-state index < -0.39 is 60.8 Å². The third kappa shape index (κ3) is 8.61. The van der Waals surface area contributed by atoms with E-state index in [9.17, 15) is 24.0 Å². The van der Waals surface area contributed by atoms with Crippen LogP contribution >= 0.6 is 12.6 Å². The second kappa shape index (κ2) is 11.7. The minimum Gasteiger partial charge on any atom is -0.481 e. The smallest absolute Gasteiger partial charge is 0.327 e. The Bertz CT molecular complexity index is 742. The molecule has 0 aliphatic rings. The molecule has 1 aromatic heterocycles. The maximum Gasteiger partial charge on any atom is 0.327 e. The van der Waals surface area contributed by atoms with E-state index in [1.165, 1.54) is 12.5 Å². The minimum absolute atomic E-state index is 0.0248. The fraction of sp³-hybridized carbons (Fsp3) is 0.467. The molecule has 1 rings (SSSR count). The van der Waals surface area contributed by atoms with E-state index in [4.69, 9.17) is 15.9 Å². The molecule has 3 atom stereocenters. The highest BCUT2D eigenvalue weighted by Crippen LogP contribution is 2.01. The van der Waals surface area contributed by atoms with Gasteiger partial charge in [0.1, 0.15) is 12.1 Å². The number of carboxylic acid groups (broad SMARTS) is 2. The van der Waals surface area contributed by atoms with Crippen LogP contribution in [0.15, 0.2) is 12.5 Å². The van der Waals surface area contributed by atoms with Crippen molar-refractivity contribution in [2.45, 2.75) is 31.0 Å². The van der Waals surface area contributed by atoms with Gasteiger partial charge in [0.25, 0.3) is 0 Å². The molecule has 3 amide bonds. The van der Waals surface area contributed by atoms with E-state index >= 15 is 0 Å². The third-order valence-electron chi connectivity index (χ3n) is 3.58. The second-order valence-electron chi connectivity index (χ2n) is 5.91. The maximum atomic E-state index is 12.4. The SMILES string of the molecule is NC(CC(=O)O)C(=O)NCC(=O)NC(Cc1cnc[nH]1)C(=O)NC(CS)C(=O)O. The Morgan fingerprint density at radius 1 is 1.14 bits per heavy atom. The highest BCUT2D eigenvalue weighted by atomic mass is 32.1. The lowest BCUT2D eigenvalue weighted by Gasteiger charge is -2.20. The Labute approximate surface area is 170 Å². The summed E-state index contributed by atoms with van der Waals surface area (Å²) in [7, 11) is 0. The van der Waals surface area contributed by atoms with Gasteiger partial charge in [-0.05, 0) is 0 Å². The zero-order valence-corrected chi connectivity index (χ0v) is 16.0. The van der Waals surface area contributed by atoms with Crippen molar-refractivity contribution in [3.8, 4) is 0 Å². The van der Waals surface area contributed by atoms with Crippen LogP contribution in [-0.2, 0) is 30.4 Å². The Kier molecular flexibility index (Phi) is 9.61. The molecule has 29 heavy (non-hydrogen) atoms. The fourth-order valence-electron chi connectivity index (χ4n) is 2.11. The number of hydrogen-bond acceptors (Lipinski definition) is 8. The van der Waals surface area contributed by atoms with Gasteiger partial charge in [0, 0.05) is 24.1 Å². The number of aromatic amines is 1.